The number of methoxy groups -OCH3 is 3. The summed E-state index contributed by atoms with van der Waals surface area (Å²) in [5.41, 5.74) is 0.524. The van der Waals surface area contributed by atoms with Gasteiger partial charge in [0, 0.05) is 18.5 Å². The number of ether oxygens (including phenoxy) is 3. The van der Waals surface area contributed by atoms with Gasteiger partial charge < -0.3 is 19.1 Å². The fourth-order valence-electron chi connectivity index (χ4n) is 2.42. The molecule has 1 rings (SSSR count). The van der Waals surface area contributed by atoms with Crippen molar-refractivity contribution >= 4 is 11.9 Å². The minimum absolute atomic E-state index is 0.0110. The lowest BCUT2D eigenvalue weighted by molar-refractivity contribution is -0.143. The Kier molecular flexibility index (Phi) is 7.74. The van der Waals surface area contributed by atoms with Gasteiger partial charge in [0.1, 0.15) is 0 Å². The monoisotopic (exact) mass is 351 g/mol. The van der Waals surface area contributed by atoms with Crippen LogP contribution in [0.3, 0.4) is 0 Å². The van der Waals surface area contributed by atoms with Gasteiger partial charge >= 0.3 is 5.97 Å². The van der Waals surface area contributed by atoms with Gasteiger partial charge in [-0.05, 0) is 24.1 Å². The summed E-state index contributed by atoms with van der Waals surface area (Å²) in [6.07, 6.45) is 0.841. The van der Waals surface area contributed by atoms with Gasteiger partial charge in [0.05, 0.1) is 27.8 Å². The van der Waals surface area contributed by atoms with Crippen LogP contribution in [-0.4, -0.2) is 51.2 Å². The van der Waals surface area contributed by atoms with E-state index in [4.69, 9.17) is 9.47 Å². The first-order valence-electron chi connectivity index (χ1n) is 8.30. The Hall–Kier alpha value is -2.24. The van der Waals surface area contributed by atoms with Gasteiger partial charge in [0.2, 0.25) is 5.91 Å². The van der Waals surface area contributed by atoms with Gasteiger partial charge in [-0.25, -0.2) is 0 Å². The van der Waals surface area contributed by atoms with E-state index in [1.54, 1.807) is 19.1 Å². The summed E-state index contributed by atoms with van der Waals surface area (Å²) in [4.78, 5) is 25.8. The first-order valence-corrected chi connectivity index (χ1v) is 8.30. The molecule has 0 N–H and O–H groups in total. The molecule has 1 aromatic carbocycles. The van der Waals surface area contributed by atoms with E-state index >= 15 is 0 Å². The summed E-state index contributed by atoms with van der Waals surface area (Å²) < 4.78 is 15.2. The van der Waals surface area contributed by atoms with Crippen LogP contribution in [0, 0.1) is 5.41 Å². The average Bonchev–Trinajstić information content (AvgIpc) is 2.59. The lowest BCUT2D eigenvalue weighted by Gasteiger charge is -2.29. The summed E-state index contributed by atoms with van der Waals surface area (Å²) in [5.74, 6) is 1.01. The van der Waals surface area contributed by atoms with E-state index < -0.39 is 5.41 Å². The molecule has 0 aliphatic carbocycles. The molecule has 0 radical (unpaired) electrons. The summed E-state index contributed by atoms with van der Waals surface area (Å²) in [5, 5.41) is 0. The zero-order valence-electron chi connectivity index (χ0n) is 16.0. The molecule has 0 aliphatic rings. The zero-order chi connectivity index (χ0) is 19.0. The van der Waals surface area contributed by atoms with Gasteiger partial charge in [-0.15, -0.1) is 0 Å². The highest BCUT2D eigenvalue weighted by Crippen LogP contribution is 2.28. The molecule has 0 spiro atoms. The van der Waals surface area contributed by atoms with Crippen molar-refractivity contribution in [2.24, 2.45) is 5.41 Å². The molecule has 0 heterocycles. The van der Waals surface area contributed by atoms with E-state index in [1.807, 2.05) is 39.0 Å². The topological polar surface area (TPSA) is 65.1 Å². The second kappa shape index (κ2) is 9.30. The fraction of sp³-hybridized carbons (Fsp3) is 0.579. The molecular formula is C19H29NO5. The maximum Gasteiger partial charge on any atom is 0.307 e. The molecule has 1 amide bonds. The number of rotatable bonds is 8. The standard InChI is InChI=1S/C19H29NO5/c1-19(2,3)18(22)20(12-10-17(21)25-6)11-9-14-7-8-15(23-4)16(13-14)24-5/h7-8,13H,9-12H2,1-6H3. The van der Waals surface area contributed by atoms with E-state index in [-0.39, 0.29) is 18.3 Å². The van der Waals surface area contributed by atoms with Crippen molar-refractivity contribution in [3.63, 3.8) is 0 Å². The Labute approximate surface area is 150 Å². The minimum Gasteiger partial charge on any atom is -0.493 e. The Morgan fingerprint density at radius 2 is 1.64 bits per heavy atom. The summed E-state index contributed by atoms with van der Waals surface area (Å²) in [6, 6.07) is 5.69. The van der Waals surface area contributed by atoms with Crippen LogP contribution in [0.2, 0.25) is 0 Å². The molecule has 0 aromatic heterocycles. The molecule has 140 valence electrons. The second-order valence-electron chi connectivity index (χ2n) is 6.81. The van der Waals surface area contributed by atoms with Gasteiger partial charge in [0.25, 0.3) is 0 Å². The Morgan fingerprint density at radius 3 is 2.16 bits per heavy atom. The lowest BCUT2D eigenvalue weighted by Crippen LogP contribution is -2.41. The van der Waals surface area contributed by atoms with Crippen molar-refractivity contribution in [3.05, 3.63) is 23.8 Å². The van der Waals surface area contributed by atoms with Crippen molar-refractivity contribution in [1.29, 1.82) is 0 Å². The lowest BCUT2D eigenvalue weighted by atomic mass is 9.94. The van der Waals surface area contributed by atoms with Crippen molar-refractivity contribution in [1.82, 2.24) is 4.90 Å². The third kappa shape index (κ3) is 6.29. The largest absolute Gasteiger partial charge is 0.493 e. The van der Waals surface area contributed by atoms with Crippen molar-refractivity contribution in [2.75, 3.05) is 34.4 Å². The summed E-state index contributed by atoms with van der Waals surface area (Å²) in [7, 11) is 4.53. The highest BCUT2D eigenvalue weighted by Gasteiger charge is 2.27. The first kappa shape index (κ1) is 20.8. The van der Waals surface area contributed by atoms with E-state index in [0.29, 0.717) is 31.0 Å². The number of nitrogens with zero attached hydrogens (tertiary/aromatic N) is 1. The molecular weight excluding hydrogens is 322 g/mol. The minimum atomic E-state index is -0.506. The highest BCUT2D eigenvalue weighted by molar-refractivity contribution is 5.82. The molecule has 0 fully saturated rings. The molecule has 0 aliphatic heterocycles. The Bertz CT molecular complexity index is 592. The van der Waals surface area contributed by atoms with E-state index in [0.717, 1.165) is 5.56 Å². The Balaban J connectivity index is 2.83. The van der Waals surface area contributed by atoms with E-state index in [2.05, 4.69) is 4.74 Å². The van der Waals surface area contributed by atoms with E-state index in [9.17, 15) is 9.59 Å². The van der Waals surface area contributed by atoms with Crippen LogP contribution in [0.4, 0.5) is 0 Å². The number of benzene rings is 1. The quantitative estimate of drug-likeness (QED) is 0.674. The fourth-order valence-corrected chi connectivity index (χ4v) is 2.42. The van der Waals surface area contributed by atoms with Gasteiger partial charge in [0.15, 0.2) is 11.5 Å². The van der Waals surface area contributed by atoms with Crippen LogP contribution >= 0.6 is 0 Å². The predicted octanol–water partition coefficient (Wildman–Crippen LogP) is 2.68. The first-order chi connectivity index (χ1) is 11.7. The van der Waals surface area contributed by atoms with Crippen molar-refractivity contribution in [2.45, 2.75) is 33.6 Å². The molecule has 25 heavy (non-hydrogen) atoms. The molecule has 1 aromatic rings. The smallest absolute Gasteiger partial charge is 0.307 e. The third-order valence-corrected chi connectivity index (χ3v) is 3.86. The molecule has 6 nitrogen and oxygen atoms in total. The average molecular weight is 351 g/mol. The molecule has 0 saturated carbocycles. The predicted molar refractivity (Wildman–Crippen MR) is 95.9 cm³/mol. The maximum absolute atomic E-state index is 12.6. The molecule has 0 saturated heterocycles. The zero-order valence-corrected chi connectivity index (χ0v) is 16.0. The number of esters is 1. The van der Waals surface area contributed by atoms with Crippen LogP contribution in [0.25, 0.3) is 0 Å². The molecule has 0 atom stereocenters. The van der Waals surface area contributed by atoms with Gasteiger partial charge in [-0.2, -0.15) is 0 Å². The van der Waals surface area contributed by atoms with Crippen LogP contribution in [0.5, 0.6) is 11.5 Å². The number of hydrogen-bond acceptors (Lipinski definition) is 5. The van der Waals surface area contributed by atoms with Crippen LogP contribution in [-0.2, 0) is 20.7 Å². The van der Waals surface area contributed by atoms with E-state index in [1.165, 1.54) is 7.11 Å². The number of amides is 1. The van der Waals surface area contributed by atoms with Crippen LogP contribution < -0.4 is 9.47 Å². The molecule has 6 heteroatoms. The third-order valence-electron chi connectivity index (χ3n) is 3.86. The maximum atomic E-state index is 12.6. The van der Waals surface area contributed by atoms with Gasteiger partial charge in [-0.1, -0.05) is 26.8 Å². The number of carbonyl (C=O) groups is 2. The molecule has 0 bridgehead atoms. The second-order valence-corrected chi connectivity index (χ2v) is 6.81. The summed E-state index contributed by atoms with van der Waals surface area (Å²) in [6.45, 7) is 6.48. The normalized spacial score (nSPS) is 11.0. The van der Waals surface area contributed by atoms with Crippen molar-refractivity contribution in [3.8, 4) is 11.5 Å². The van der Waals surface area contributed by atoms with Crippen LogP contribution in [0.15, 0.2) is 18.2 Å². The van der Waals surface area contributed by atoms with Crippen LogP contribution in [0.1, 0.15) is 32.8 Å². The molecule has 0 unspecified atom stereocenters. The number of carbonyl (C=O) groups excluding carboxylic acids is 2. The number of hydrogen-bond donors (Lipinski definition) is 0. The highest BCUT2D eigenvalue weighted by atomic mass is 16.5. The SMILES string of the molecule is COC(=O)CCN(CCc1ccc(OC)c(OC)c1)C(=O)C(C)(C)C. The van der Waals surface area contributed by atoms with Gasteiger partial charge in [-0.3, -0.25) is 9.59 Å². The Morgan fingerprint density at radius 1 is 1.00 bits per heavy atom. The summed E-state index contributed by atoms with van der Waals surface area (Å²) >= 11 is 0. The van der Waals surface area contributed by atoms with Crippen molar-refractivity contribution < 1.29 is 23.8 Å².